The van der Waals surface area contributed by atoms with Crippen molar-refractivity contribution in [2.75, 3.05) is 6.54 Å². The number of benzene rings is 1. The van der Waals surface area contributed by atoms with E-state index in [-0.39, 0.29) is 0 Å². The van der Waals surface area contributed by atoms with Crippen molar-refractivity contribution < 1.29 is 0 Å². The molecule has 1 aliphatic rings. The van der Waals surface area contributed by atoms with Crippen molar-refractivity contribution in [2.24, 2.45) is 17.6 Å². The van der Waals surface area contributed by atoms with Crippen LogP contribution in [0.2, 0.25) is 0 Å². The van der Waals surface area contributed by atoms with E-state index < -0.39 is 0 Å². The van der Waals surface area contributed by atoms with Crippen LogP contribution in [0.3, 0.4) is 0 Å². The number of thiazole rings is 1. The average Bonchev–Trinajstić information content (AvgIpc) is 2.69. The molecule has 19 heavy (non-hydrogen) atoms. The SMILES string of the molecule is CC(CCN)C1CC(c2nc3ccc(Br)cc3s2)C1. The summed E-state index contributed by atoms with van der Waals surface area (Å²) in [4.78, 5) is 4.79. The van der Waals surface area contributed by atoms with E-state index in [4.69, 9.17) is 10.7 Å². The summed E-state index contributed by atoms with van der Waals surface area (Å²) in [7, 11) is 0. The number of fused-ring (bicyclic) bond motifs is 1. The molecule has 2 N–H and O–H groups in total. The first-order chi connectivity index (χ1) is 9.17. The Morgan fingerprint density at radius 3 is 3.00 bits per heavy atom. The summed E-state index contributed by atoms with van der Waals surface area (Å²) in [5.41, 5.74) is 6.78. The van der Waals surface area contributed by atoms with Gasteiger partial charge in [0.2, 0.25) is 0 Å². The number of hydrogen-bond donors (Lipinski definition) is 1. The zero-order chi connectivity index (χ0) is 13.4. The summed E-state index contributed by atoms with van der Waals surface area (Å²) in [6, 6.07) is 6.34. The molecule has 0 amide bonds. The molecule has 1 fully saturated rings. The zero-order valence-electron chi connectivity index (χ0n) is 11.1. The summed E-state index contributed by atoms with van der Waals surface area (Å²) in [6.07, 6.45) is 3.74. The van der Waals surface area contributed by atoms with Crippen LogP contribution in [0.5, 0.6) is 0 Å². The first kappa shape index (κ1) is 13.5. The second-order valence-corrected chi connectivity index (χ2v) is 7.63. The third-order valence-electron chi connectivity index (χ3n) is 4.32. The van der Waals surface area contributed by atoms with Crippen molar-refractivity contribution in [3.63, 3.8) is 0 Å². The lowest BCUT2D eigenvalue weighted by atomic mass is 9.68. The Hall–Kier alpha value is -0.450. The van der Waals surface area contributed by atoms with Gasteiger partial charge in [0.05, 0.1) is 15.2 Å². The molecule has 1 saturated carbocycles. The van der Waals surface area contributed by atoms with Gasteiger partial charge in [-0.25, -0.2) is 4.98 Å². The molecule has 0 spiro atoms. The van der Waals surface area contributed by atoms with E-state index >= 15 is 0 Å². The van der Waals surface area contributed by atoms with Crippen LogP contribution in [0, 0.1) is 11.8 Å². The summed E-state index contributed by atoms with van der Waals surface area (Å²) in [5, 5.41) is 1.32. The third kappa shape index (κ3) is 2.71. The largest absolute Gasteiger partial charge is 0.330 e. The number of hydrogen-bond acceptors (Lipinski definition) is 3. The Bertz CT molecular complexity index is 575. The van der Waals surface area contributed by atoms with Crippen molar-refractivity contribution >= 4 is 37.5 Å². The van der Waals surface area contributed by atoms with E-state index in [1.807, 2.05) is 11.3 Å². The van der Waals surface area contributed by atoms with Gasteiger partial charge in [0.1, 0.15) is 0 Å². The summed E-state index contributed by atoms with van der Waals surface area (Å²) in [5.74, 6) is 2.30. The maximum Gasteiger partial charge on any atom is 0.0969 e. The topological polar surface area (TPSA) is 38.9 Å². The van der Waals surface area contributed by atoms with Gasteiger partial charge in [-0.2, -0.15) is 0 Å². The van der Waals surface area contributed by atoms with Crippen LogP contribution in [0.4, 0.5) is 0 Å². The zero-order valence-corrected chi connectivity index (χ0v) is 13.5. The first-order valence-corrected chi connectivity index (χ1v) is 8.54. The molecule has 1 aliphatic carbocycles. The Labute approximate surface area is 126 Å². The van der Waals surface area contributed by atoms with E-state index in [1.54, 1.807) is 0 Å². The normalized spacial score (nSPS) is 24.4. The van der Waals surface area contributed by atoms with Gasteiger partial charge in [-0.05, 0) is 55.8 Å². The molecule has 1 aromatic heterocycles. The lowest BCUT2D eigenvalue weighted by Gasteiger charge is -2.38. The molecule has 2 aromatic rings. The molecule has 0 saturated heterocycles. The van der Waals surface area contributed by atoms with Gasteiger partial charge in [-0.15, -0.1) is 11.3 Å². The highest BCUT2D eigenvalue weighted by Crippen LogP contribution is 2.47. The Morgan fingerprint density at radius 1 is 1.47 bits per heavy atom. The molecule has 4 heteroatoms. The van der Waals surface area contributed by atoms with Gasteiger partial charge in [0.25, 0.3) is 0 Å². The molecule has 3 rings (SSSR count). The molecule has 0 bridgehead atoms. The molecule has 1 aromatic carbocycles. The van der Waals surface area contributed by atoms with Crippen molar-refractivity contribution in [3.05, 3.63) is 27.7 Å². The molecular weight excluding hydrogens is 320 g/mol. The van der Waals surface area contributed by atoms with Gasteiger partial charge in [0, 0.05) is 10.4 Å². The van der Waals surface area contributed by atoms with Crippen LogP contribution in [-0.2, 0) is 0 Å². The molecule has 1 heterocycles. The summed E-state index contributed by atoms with van der Waals surface area (Å²) in [6.45, 7) is 3.15. The summed E-state index contributed by atoms with van der Waals surface area (Å²) < 4.78 is 2.43. The monoisotopic (exact) mass is 338 g/mol. The quantitative estimate of drug-likeness (QED) is 0.888. The van der Waals surface area contributed by atoms with Crippen molar-refractivity contribution in [3.8, 4) is 0 Å². The van der Waals surface area contributed by atoms with Crippen LogP contribution >= 0.6 is 27.3 Å². The van der Waals surface area contributed by atoms with Crippen molar-refractivity contribution in [2.45, 2.75) is 32.1 Å². The van der Waals surface area contributed by atoms with Gasteiger partial charge >= 0.3 is 0 Å². The molecular formula is C15H19BrN2S. The molecule has 102 valence electrons. The number of nitrogens with two attached hydrogens (primary N) is 1. The molecule has 0 aliphatic heterocycles. The van der Waals surface area contributed by atoms with Crippen molar-refractivity contribution in [1.29, 1.82) is 0 Å². The Kier molecular flexibility index (Phi) is 3.92. The average molecular weight is 339 g/mol. The highest BCUT2D eigenvalue weighted by Gasteiger charge is 2.35. The maximum absolute atomic E-state index is 5.64. The third-order valence-corrected chi connectivity index (χ3v) is 5.99. The van der Waals surface area contributed by atoms with Gasteiger partial charge in [0.15, 0.2) is 0 Å². The van der Waals surface area contributed by atoms with Crippen LogP contribution in [0.25, 0.3) is 10.2 Å². The lowest BCUT2D eigenvalue weighted by molar-refractivity contribution is 0.178. The van der Waals surface area contributed by atoms with E-state index in [0.717, 1.165) is 34.8 Å². The fourth-order valence-electron chi connectivity index (χ4n) is 2.92. The van der Waals surface area contributed by atoms with E-state index in [0.29, 0.717) is 5.92 Å². The predicted octanol–water partition coefficient (Wildman–Crippen LogP) is 4.54. The van der Waals surface area contributed by atoms with E-state index in [9.17, 15) is 0 Å². The van der Waals surface area contributed by atoms with Gasteiger partial charge in [-0.3, -0.25) is 0 Å². The number of aromatic nitrogens is 1. The van der Waals surface area contributed by atoms with Gasteiger partial charge < -0.3 is 5.73 Å². The highest BCUT2D eigenvalue weighted by molar-refractivity contribution is 9.10. The maximum atomic E-state index is 5.64. The lowest BCUT2D eigenvalue weighted by Crippen LogP contribution is -2.28. The first-order valence-electron chi connectivity index (χ1n) is 6.93. The number of halogens is 1. The summed E-state index contributed by atoms with van der Waals surface area (Å²) >= 11 is 5.38. The highest BCUT2D eigenvalue weighted by atomic mass is 79.9. The standard InChI is InChI=1S/C15H19BrN2S/c1-9(4-5-17)10-6-11(7-10)15-18-13-3-2-12(16)8-14(13)19-15/h2-3,8-11H,4-7,17H2,1H3. The molecule has 1 atom stereocenters. The van der Waals surface area contributed by atoms with Crippen LogP contribution in [0.1, 0.15) is 37.1 Å². The fourth-order valence-corrected chi connectivity index (χ4v) is 4.56. The number of rotatable bonds is 4. The fraction of sp³-hybridized carbons (Fsp3) is 0.533. The van der Waals surface area contributed by atoms with Crippen LogP contribution < -0.4 is 5.73 Å². The smallest absolute Gasteiger partial charge is 0.0969 e. The van der Waals surface area contributed by atoms with Crippen LogP contribution in [-0.4, -0.2) is 11.5 Å². The Morgan fingerprint density at radius 2 is 2.26 bits per heavy atom. The van der Waals surface area contributed by atoms with E-state index in [1.165, 1.54) is 22.5 Å². The molecule has 0 radical (unpaired) electrons. The minimum absolute atomic E-state index is 0.682. The van der Waals surface area contributed by atoms with E-state index in [2.05, 4.69) is 41.1 Å². The minimum atomic E-state index is 0.682. The predicted molar refractivity (Wildman–Crippen MR) is 85.6 cm³/mol. The molecule has 1 unspecified atom stereocenters. The molecule has 2 nitrogen and oxygen atoms in total. The van der Waals surface area contributed by atoms with Crippen molar-refractivity contribution in [1.82, 2.24) is 4.98 Å². The van der Waals surface area contributed by atoms with Crippen LogP contribution in [0.15, 0.2) is 22.7 Å². The second-order valence-electron chi connectivity index (χ2n) is 5.65. The minimum Gasteiger partial charge on any atom is -0.330 e. The number of nitrogens with zero attached hydrogens (tertiary/aromatic N) is 1. The van der Waals surface area contributed by atoms with Gasteiger partial charge in [-0.1, -0.05) is 22.9 Å². The Balaban J connectivity index is 1.70. The second kappa shape index (κ2) is 5.51.